The van der Waals surface area contributed by atoms with Crippen molar-refractivity contribution in [2.24, 2.45) is 0 Å². The predicted molar refractivity (Wildman–Crippen MR) is 87.8 cm³/mol. The van der Waals surface area contributed by atoms with E-state index in [-0.39, 0.29) is 5.60 Å². The molecule has 0 spiro atoms. The van der Waals surface area contributed by atoms with E-state index in [4.69, 9.17) is 9.47 Å². The molecule has 124 valence electrons. The van der Waals surface area contributed by atoms with Crippen molar-refractivity contribution in [2.45, 2.75) is 88.7 Å². The van der Waals surface area contributed by atoms with Crippen LogP contribution in [0.15, 0.2) is 0 Å². The second-order valence-corrected chi connectivity index (χ2v) is 7.03. The maximum Gasteiger partial charge on any atom is 0.106 e. The topological polar surface area (TPSA) is 30.5 Å². The minimum absolute atomic E-state index is 0.0658. The van der Waals surface area contributed by atoms with Gasteiger partial charge in [-0.05, 0) is 12.8 Å². The number of rotatable bonds is 4. The van der Waals surface area contributed by atoms with Crippen LogP contribution in [0.2, 0.25) is 0 Å². The lowest BCUT2D eigenvalue weighted by Crippen LogP contribution is -2.46. The number of methoxy groups -OCH3 is 1. The van der Waals surface area contributed by atoms with E-state index in [1.807, 2.05) is 7.11 Å². The van der Waals surface area contributed by atoms with Crippen LogP contribution in [0.1, 0.15) is 77.0 Å². The molecule has 1 aliphatic heterocycles. The van der Waals surface area contributed by atoms with E-state index < -0.39 is 0 Å². The van der Waals surface area contributed by atoms with Gasteiger partial charge in [0.1, 0.15) is 5.60 Å². The lowest BCUT2D eigenvalue weighted by Gasteiger charge is -2.29. The molecule has 1 unspecified atom stereocenters. The molecule has 0 aromatic carbocycles. The summed E-state index contributed by atoms with van der Waals surface area (Å²) in [5, 5.41) is 3.80. The van der Waals surface area contributed by atoms with Crippen molar-refractivity contribution in [1.82, 2.24) is 5.32 Å². The van der Waals surface area contributed by atoms with Crippen molar-refractivity contribution >= 4 is 0 Å². The Bertz CT molecular complexity index is 252. The average Bonchev–Trinajstić information content (AvgIpc) is 2.96. The quantitative estimate of drug-likeness (QED) is 0.849. The summed E-state index contributed by atoms with van der Waals surface area (Å²) >= 11 is 0. The Morgan fingerprint density at radius 3 is 2.00 bits per heavy atom. The average molecular weight is 297 g/mol. The van der Waals surface area contributed by atoms with E-state index in [2.05, 4.69) is 5.32 Å². The van der Waals surface area contributed by atoms with Gasteiger partial charge in [0.25, 0.3) is 0 Å². The summed E-state index contributed by atoms with van der Waals surface area (Å²) in [7, 11) is 1.83. The summed E-state index contributed by atoms with van der Waals surface area (Å²) in [6.45, 7) is 2.55. The third kappa shape index (κ3) is 6.25. The highest BCUT2D eigenvalue weighted by Crippen LogP contribution is 2.23. The van der Waals surface area contributed by atoms with Gasteiger partial charge in [0.15, 0.2) is 0 Å². The van der Waals surface area contributed by atoms with E-state index in [1.165, 1.54) is 70.6 Å². The molecule has 2 rings (SSSR count). The summed E-state index contributed by atoms with van der Waals surface area (Å²) in [5.74, 6) is 0. The molecule has 21 heavy (non-hydrogen) atoms. The van der Waals surface area contributed by atoms with E-state index in [0.717, 1.165) is 26.2 Å². The van der Waals surface area contributed by atoms with Crippen molar-refractivity contribution in [1.29, 1.82) is 0 Å². The molecular weight excluding hydrogens is 262 g/mol. The van der Waals surface area contributed by atoms with Crippen LogP contribution in [0.4, 0.5) is 0 Å². The molecule has 1 saturated carbocycles. The number of nitrogens with one attached hydrogen (secondary N) is 1. The zero-order valence-corrected chi connectivity index (χ0v) is 14.0. The first-order valence-electron chi connectivity index (χ1n) is 9.21. The summed E-state index contributed by atoms with van der Waals surface area (Å²) in [6, 6.07) is 0.678. The minimum atomic E-state index is -0.0658. The first kappa shape index (κ1) is 17.2. The number of ether oxygens (including phenoxy) is 2. The third-order valence-corrected chi connectivity index (χ3v) is 5.32. The SMILES string of the molecule is COC1(CNC2CCCCCCCCCCC2)CCOC1. The largest absolute Gasteiger partial charge is 0.378 e. The molecule has 3 nitrogen and oxygen atoms in total. The van der Waals surface area contributed by atoms with Crippen molar-refractivity contribution in [2.75, 3.05) is 26.9 Å². The van der Waals surface area contributed by atoms with Gasteiger partial charge in [0.05, 0.1) is 6.61 Å². The molecule has 0 aromatic heterocycles. The zero-order valence-electron chi connectivity index (χ0n) is 14.0. The molecule has 0 radical (unpaired) electrons. The van der Waals surface area contributed by atoms with Crippen LogP contribution in [0.5, 0.6) is 0 Å². The van der Waals surface area contributed by atoms with E-state index >= 15 is 0 Å². The molecular formula is C18H35NO2. The molecule has 0 amide bonds. The normalized spacial score (nSPS) is 30.7. The smallest absolute Gasteiger partial charge is 0.106 e. The Morgan fingerprint density at radius 1 is 0.952 bits per heavy atom. The fourth-order valence-electron chi connectivity index (χ4n) is 3.66. The molecule has 1 atom stereocenters. The monoisotopic (exact) mass is 297 g/mol. The number of hydrogen-bond acceptors (Lipinski definition) is 3. The van der Waals surface area contributed by atoms with Crippen LogP contribution in [0, 0.1) is 0 Å². The summed E-state index contributed by atoms with van der Waals surface area (Å²) in [5.41, 5.74) is -0.0658. The van der Waals surface area contributed by atoms with Gasteiger partial charge in [0.2, 0.25) is 0 Å². The minimum Gasteiger partial charge on any atom is -0.378 e. The first-order chi connectivity index (χ1) is 10.3. The van der Waals surface area contributed by atoms with Crippen molar-refractivity contribution in [3.8, 4) is 0 Å². The predicted octanol–water partition coefficient (Wildman–Crippen LogP) is 4.05. The van der Waals surface area contributed by atoms with E-state index in [1.54, 1.807) is 0 Å². The van der Waals surface area contributed by atoms with Crippen molar-refractivity contribution < 1.29 is 9.47 Å². The highest BCUT2D eigenvalue weighted by Gasteiger charge is 2.35. The zero-order chi connectivity index (χ0) is 14.8. The highest BCUT2D eigenvalue weighted by molar-refractivity contribution is 4.88. The Labute approximate surface area is 131 Å². The fraction of sp³-hybridized carbons (Fsp3) is 1.00. The first-order valence-corrected chi connectivity index (χ1v) is 9.21. The van der Waals surface area contributed by atoms with E-state index in [9.17, 15) is 0 Å². The Morgan fingerprint density at radius 2 is 1.52 bits per heavy atom. The molecule has 1 saturated heterocycles. The van der Waals surface area contributed by atoms with Gasteiger partial charge < -0.3 is 14.8 Å². The van der Waals surface area contributed by atoms with Gasteiger partial charge in [-0.25, -0.2) is 0 Å². The van der Waals surface area contributed by atoms with Gasteiger partial charge in [-0.15, -0.1) is 0 Å². The summed E-state index contributed by atoms with van der Waals surface area (Å²) in [4.78, 5) is 0. The summed E-state index contributed by atoms with van der Waals surface area (Å²) < 4.78 is 11.3. The summed E-state index contributed by atoms with van der Waals surface area (Å²) in [6.07, 6.45) is 16.5. The lowest BCUT2D eigenvalue weighted by atomic mass is 9.96. The van der Waals surface area contributed by atoms with Crippen molar-refractivity contribution in [3.63, 3.8) is 0 Å². The Kier molecular flexibility index (Phi) is 8.05. The standard InChI is InChI=1S/C18H35NO2/c1-20-18(13-14-21-16-18)15-19-17-11-9-7-5-3-2-4-6-8-10-12-17/h17,19H,2-16H2,1H3. The van der Waals surface area contributed by atoms with Crippen molar-refractivity contribution in [3.05, 3.63) is 0 Å². The van der Waals surface area contributed by atoms with Gasteiger partial charge in [-0.3, -0.25) is 0 Å². The van der Waals surface area contributed by atoms with Gasteiger partial charge >= 0.3 is 0 Å². The third-order valence-electron chi connectivity index (χ3n) is 5.32. The highest BCUT2D eigenvalue weighted by atomic mass is 16.5. The lowest BCUT2D eigenvalue weighted by molar-refractivity contribution is -0.0178. The molecule has 2 aliphatic rings. The Hall–Kier alpha value is -0.120. The van der Waals surface area contributed by atoms with Crippen LogP contribution in [-0.4, -0.2) is 38.5 Å². The van der Waals surface area contributed by atoms with Gasteiger partial charge in [-0.2, -0.15) is 0 Å². The molecule has 0 bridgehead atoms. The molecule has 1 heterocycles. The van der Waals surface area contributed by atoms with Crippen LogP contribution in [0.3, 0.4) is 0 Å². The molecule has 0 aromatic rings. The fourth-order valence-corrected chi connectivity index (χ4v) is 3.66. The van der Waals surface area contributed by atoms with Crippen LogP contribution in [-0.2, 0) is 9.47 Å². The molecule has 3 heteroatoms. The van der Waals surface area contributed by atoms with Gasteiger partial charge in [-0.1, -0.05) is 57.8 Å². The molecule has 1 N–H and O–H groups in total. The van der Waals surface area contributed by atoms with Crippen LogP contribution >= 0.6 is 0 Å². The molecule has 1 aliphatic carbocycles. The second-order valence-electron chi connectivity index (χ2n) is 7.03. The maximum atomic E-state index is 5.74. The molecule has 2 fully saturated rings. The second kappa shape index (κ2) is 9.81. The number of hydrogen-bond donors (Lipinski definition) is 1. The van der Waals surface area contributed by atoms with E-state index in [0.29, 0.717) is 6.04 Å². The van der Waals surface area contributed by atoms with Crippen LogP contribution < -0.4 is 5.32 Å². The van der Waals surface area contributed by atoms with Gasteiger partial charge in [0, 0.05) is 32.7 Å². The van der Waals surface area contributed by atoms with Crippen LogP contribution in [0.25, 0.3) is 0 Å². The maximum absolute atomic E-state index is 5.74. The Balaban J connectivity index is 1.74.